The molecule has 0 aliphatic rings. The first-order valence-corrected chi connectivity index (χ1v) is 9.17. The van der Waals surface area contributed by atoms with Crippen LogP contribution in [-0.2, 0) is 4.79 Å². The van der Waals surface area contributed by atoms with Gasteiger partial charge in [-0.15, -0.1) is 0 Å². The first kappa shape index (κ1) is 22.3. The summed E-state index contributed by atoms with van der Waals surface area (Å²) in [5.74, 6) is -4.27. The molecule has 0 fully saturated rings. The van der Waals surface area contributed by atoms with E-state index in [0.717, 1.165) is 12.3 Å². The van der Waals surface area contributed by atoms with Gasteiger partial charge < -0.3 is 19.9 Å². The zero-order valence-electron chi connectivity index (χ0n) is 16.6. The van der Waals surface area contributed by atoms with Gasteiger partial charge in [0.2, 0.25) is 11.8 Å². The standard InChI is InChI=1S/C19H11F3N6O6/c20-19(21,22)16(29)34-27-12-8-11(6-7-14(12)33-18(27)30)24-15-13(28(31)32)9-23-17(26-15)25-10-4-2-1-3-5-10/h1-9H,(H2,23,24,25,26). The molecule has 2 heterocycles. The number of hydrogen-bond acceptors (Lipinski definition) is 10. The number of carbonyl (C=O) groups excluding carboxylic acids is 1. The molecule has 4 rings (SSSR count). The molecule has 0 bridgehead atoms. The summed E-state index contributed by atoms with van der Waals surface area (Å²) in [5.41, 5.74) is -0.386. The molecular weight excluding hydrogens is 465 g/mol. The van der Waals surface area contributed by atoms with Crippen molar-refractivity contribution in [2.45, 2.75) is 6.18 Å². The van der Waals surface area contributed by atoms with Crippen molar-refractivity contribution in [3.63, 3.8) is 0 Å². The van der Waals surface area contributed by atoms with E-state index in [4.69, 9.17) is 4.42 Å². The number of nitrogens with one attached hydrogen (secondary N) is 2. The fourth-order valence-electron chi connectivity index (χ4n) is 2.74. The third-order valence-electron chi connectivity index (χ3n) is 4.21. The van der Waals surface area contributed by atoms with E-state index in [1.165, 1.54) is 12.1 Å². The number of nitro groups is 1. The zero-order valence-corrected chi connectivity index (χ0v) is 16.6. The maximum Gasteiger partial charge on any atom is 0.493 e. The van der Waals surface area contributed by atoms with Gasteiger partial charge in [-0.2, -0.15) is 18.2 Å². The van der Waals surface area contributed by atoms with Crippen molar-refractivity contribution in [3.05, 3.63) is 75.4 Å². The Morgan fingerprint density at radius 3 is 2.53 bits per heavy atom. The molecule has 2 N–H and O–H groups in total. The Morgan fingerprint density at radius 1 is 1.12 bits per heavy atom. The minimum Gasteiger partial charge on any atom is -0.405 e. The van der Waals surface area contributed by atoms with Crippen LogP contribution in [0.4, 0.5) is 42.0 Å². The highest BCUT2D eigenvalue weighted by Gasteiger charge is 2.42. The Balaban J connectivity index is 1.69. The van der Waals surface area contributed by atoms with Crippen LogP contribution in [0.15, 0.2) is 63.9 Å². The predicted octanol–water partition coefficient (Wildman–Crippen LogP) is 3.30. The van der Waals surface area contributed by atoms with Crippen LogP contribution in [0.5, 0.6) is 0 Å². The summed E-state index contributed by atoms with van der Waals surface area (Å²) in [5, 5.41) is 16.9. The number of anilines is 4. The van der Waals surface area contributed by atoms with Crippen LogP contribution in [0.25, 0.3) is 11.1 Å². The lowest BCUT2D eigenvalue weighted by Crippen LogP contribution is -2.36. The van der Waals surface area contributed by atoms with Crippen LogP contribution in [0, 0.1) is 10.1 Å². The molecule has 2 aromatic carbocycles. The molecular formula is C19H11F3N6O6. The summed E-state index contributed by atoms with van der Waals surface area (Å²) < 4.78 is 42.4. The number of alkyl halides is 3. The van der Waals surface area contributed by atoms with Gasteiger partial charge in [-0.05, 0) is 30.3 Å². The monoisotopic (exact) mass is 476 g/mol. The quantitative estimate of drug-likeness (QED) is 0.313. The molecule has 0 saturated carbocycles. The molecule has 0 aliphatic heterocycles. The zero-order chi connectivity index (χ0) is 24.5. The second kappa shape index (κ2) is 8.53. The number of fused-ring (bicyclic) bond motifs is 1. The van der Waals surface area contributed by atoms with Crippen LogP contribution in [0.3, 0.4) is 0 Å². The van der Waals surface area contributed by atoms with Gasteiger partial charge in [0.05, 0.1) is 4.92 Å². The van der Waals surface area contributed by atoms with Crippen molar-refractivity contribution in [2.75, 3.05) is 10.6 Å². The van der Waals surface area contributed by atoms with Gasteiger partial charge >= 0.3 is 23.6 Å². The molecule has 174 valence electrons. The van der Waals surface area contributed by atoms with E-state index in [2.05, 4.69) is 25.4 Å². The van der Waals surface area contributed by atoms with Gasteiger partial charge in [0.25, 0.3) is 0 Å². The highest BCUT2D eigenvalue weighted by molar-refractivity contribution is 5.81. The maximum atomic E-state index is 12.5. The Labute approximate surface area is 185 Å². The number of hydrogen-bond donors (Lipinski definition) is 2. The molecule has 2 aromatic heterocycles. The number of nitrogens with zero attached hydrogens (tertiary/aromatic N) is 4. The molecule has 0 spiro atoms. The largest absolute Gasteiger partial charge is 0.493 e. The van der Waals surface area contributed by atoms with E-state index in [1.807, 2.05) is 0 Å². The van der Waals surface area contributed by atoms with Gasteiger partial charge in [-0.3, -0.25) is 10.1 Å². The summed E-state index contributed by atoms with van der Waals surface area (Å²) in [4.78, 5) is 45.7. The van der Waals surface area contributed by atoms with Crippen LogP contribution < -0.4 is 21.2 Å². The Morgan fingerprint density at radius 2 is 1.85 bits per heavy atom. The second-order valence-electron chi connectivity index (χ2n) is 6.52. The summed E-state index contributed by atoms with van der Waals surface area (Å²) in [6.07, 6.45) is -4.40. The molecule has 0 unspecified atom stereocenters. The molecule has 34 heavy (non-hydrogen) atoms. The fraction of sp³-hybridized carbons (Fsp3) is 0.0526. The van der Waals surface area contributed by atoms with Crippen molar-refractivity contribution in [3.8, 4) is 0 Å². The smallest absolute Gasteiger partial charge is 0.405 e. The molecule has 0 amide bonds. The number of oxazole rings is 1. The predicted molar refractivity (Wildman–Crippen MR) is 110 cm³/mol. The third kappa shape index (κ3) is 4.62. The number of para-hydroxylation sites is 1. The number of benzene rings is 2. The first-order valence-electron chi connectivity index (χ1n) is 9.17. The summed E-state index contributed by atoms with van der Waals surface area (Å²) in [7, 11) is 0. The maximum absolute atomic E-state index is 12.5. The number of rotatable bonds is 6. The summed E-state index contributed by atoms with van der Waals surface area (Å²) in [6, 6.07) is 12.3. The molecule has 0 atom stereocenters. The topological polar surface area (TPSA) is 154 Å². The highest BCUT2D eigenvalue weighted by atomic mass is 19.4. The molecule has 4 aromatic rings. The average molecular weight is 476 g/mol. The lowest BCUT2D eigenvalue weighted by molar-refractivity contribution is -0.384. The lowest BCUT2D eigenvalue weighted by Gasteiger charge is -2.10. The van der Waals surface area contributed by atoms with Crippen molar-refractivity contribution in [1.29, 1.82) is 0 Å². The van der Waals surface area contributed by atoms with Crippen LogP contribution in [0.1, 0.15) is 0 Å². The van der Waals surface area contributed by atoms with Gasteiger partial charge in [0.1, 0.15) is 11.7 Å². The minimum absolute atomic E-state index is 0.0136. The Hall–Kier alpha value is -4.95. The van der Waals surface area contributed by atoms with E-state index >= 15 is 0 Å². The van der Waals surface area contributed by atoms with Crippen molar-refractivity contribution < 1.29 is 32.1 Å². The molecule has 0 radical (unpaired) electrons. The molecule has 0 saturated heterocycles. The lowest BCUT2D eigenvalue weighted by atomic mass is 10.3. The highest BCUT2D eigenvalue weighted by Crippen LogP contribution is 2.28. The Bertz CT molecular complexity index is 1450. The molecule has 12 nitrogen and oxygen atoms in total. The van der Waals surface area contributed by atoms with E-state index < -0.39 is 28.5 Å². The van der Waals surface area contributed by atoms with Crippen LogP contribution >= 0.6 is 0 Å². The van der Waals surface area contributed by atoms with E-state index in [-0.39, 0.29) is 33.3 Å². The van der Waals surface area contributed by atoms with Crippen molar-refractivity contribution in [1.82, 2.24) is 14.7 Å². The van der Waals surface area contributed by atoms with Gasteiger partial charge in [0.15, 0.2) is 5.58 Å². The van der Waals surface area contributed by atoms with Crippen LogP contribution in [-0.4, -0.2) is 31.8 Å². The third-order valence-corrected chi connectivity index (χ3v) is 4.21. The molecule has 0 aliphatic carbocycles. The first-order chi connectivity index (χ1) is 16.1. The second-order valence-corrected chi connectivity index (χ2v) is 6.52. The molecule has 15 heteroatoms. The van der Waals surface area contributed by atoms with Gasteiger partial charge in [-0.1, -0.05) is 22.9 Å². The average Bonchev–Trinajstić information content (AvgIpc) is 3.08. The van der Waals surface area contributed by atoms with Gasteiger partial charge in [0, 0.05) is 11.4 Å². The fourth-order valence-corrected chi connectivity index (χ4v) is 2.74. The number of aromatic nitrogens is 3. The van der Waals surface area contributed by atoms with Gasteiger partial charge in [-0.25, -0.2) is 14.6 Å². The summed E-state index contributed by atoms with van der Waals surface area (Å²) in [6.45, 7) is 0. The van der Waals surface area contributed by atoms with E-state index in [9.17, 15) is 32.9 Å². The van der Waals surface area contributed by atoms with E-state index in [1.54, 1.807) is 30.3 Å². The Kier molecular flexibility index (Phi) is 5.58. The number of carbonyl (C=O) groups is 1. The number of halogens is 3. The normalized spacial score (nSPS) is 11.3. The SMILES string of the molecule is O=C(On1c(=O)oc2ccc(Nc3nc(Nc4ccccc4)ncc3[N+](=O)[O-])cc21)C(F)(F)F. The summed E-state index contributed by atoms with van der Waals surface area (Å²) >= 11 is 0. The van der Waals surface area contributed by atoms with E-state index in [0.29, 0.717) is 5.69 Å². The minimum atomic E-state index is -5.36. The van der Waals surface area contributed by atoms with Crippen LogP contribution in [0.2, 0.25) is 0 Å². The van der Waals surface area contributed by atoms with Crippen molar-refractivity contribution >= 4 is 45.9 Å². The van der Waals surface area contributed by atoms with Crippen molar-refractivity contribution in [2.24, 2.45) is 0 Å².